The molecule has 4 aromatic rings. The van der Waals surface area contributed by atoms with Crippen LogP contribution in [0.25, 0.3) is 10.8 Å². The third kappa shape index (κ3) is 8.14. The molecule has 0 unspecified atom stereocenters. The van der Waals surface area contributed by atoms with Crippen molar-refractivity contribution in [3.63, 3.8) is 0 Å². The fourth-order valence-corrected chi connectivity index (χ4v) is 5.77. The largest absolute Gasteiger partial charge is 0.497 e. The number of nitrogens with zero attached hydrogens (tertiary/aromatic N) is 3. The predicted octanol–water partition coefficient (Wildman–Crippen LogP) is 7.40. The maximum absolute atomic E-state index is 13.8. The highest BCUT2D eigenvalue weighted by Crippen LogP contribution is 2.41. The van der Waals surface area contributed by atoms with Crippen molar-refractivity contribution in [1.29, 1.82) is 0 Å². The van der Waals surface area contributed by atoms with Gasteiger partial charge in [0.1, 0.15) is 30.4 Å². The molecule has 1 heterocycles. The summed E-state index contributed by atoms with van der Waals surface area (Å²) < 4.78 is 59.7. The van der Waals surface area contributed by atoms with E-state index < -0.39 is 18.7 Å². The number of anilines is 2. The Kier molecular flexibility index (Phi) is 10.1. The van der Waals surface area contributed by atoms with Gasteiger partial charge in [-0.3, -0.25) is 9.10 Å². The molecule has 0 N–H and O–H groups in total. The molecule has 12 heteroatoms. The fourth-order valence-electron chi connectivity index (χ4n) is 3.89. The van der Waals surface area contributed by atoms with E-state index in [2.05, 4.69) is 4.98 Å². The van der Waals surface area contributed by atoms with Gasteiger partial charge in [-0.1, -0.05) is 24.3 Å². The summed E-state index contributed by atoms with van der Waals surface area (Å²) in [4.78, 5) is 18.6. The van der Waals surface area contributed by atoms with E-state index in [-0.39, 0.29) is 18.8 Å². The molecule has 3 aromatic carbocycles. The van der Waals surface area contributed by atoms with Crippen molar-refractivity contribution in [1.82, 2.24) is 4.98 Å². The molecular weight excluding hydrogens is 575 g/mol. The maximum atomic E-state index is 13.8. The Bertz CT molecular complexity index is 1450. The van der Waals surface area contributed by atoms with Crippen LogP contribution in [0.2, 0.25) is 0 Å². The molecule has 0 saturated heterocycles. The lowest BCUT2D eigenvalue weighted by Crippen LogP contribution is -2.30. The molecule has 0 aliphatic heterocycles. The van der Waals surface area contributed by atoms with Crippen molar-refractivity contribution in [3.05, 3.63) is 79.0 Å². The zero-order valence-corrected chi connectivity index (χ0v) is 24.2. The van der Waals surface area contributed by atoms with E-state index in [0.717, 1.165) is 16.8 Å². The van der Waals surface area contributed by atoms with Gasteiger partial charge >= 0.3 is 12.1 Å². The topological polar surface area (TPSA) is 64.1 Å². The molecule has 0 bridgehead atoms. The molecule has 0 amide bonds. The lowest BCUT2D eigenvalue weighted by Gasteiger charge is -2.28. The summed E-state index contributed by atoms with van der Waals surface area (Å²) in [5, 5.41) is 1.13. The minimum atomic E-state index is -4.47. The van der Waals surface area contributed by atoms with Crippen LogP contribution in [0.3, 0.4) is 0 Å². The van der Waals surface area contributed by atoms with Crippen molar-refractivity contribution < 1.29 is 32.2 Å². The van der Waals surface area contributed by atoms with Gasteiger partial charge in [-0.2, -0.15) is 13.2 Å². The summed E-state index contributed by atoms with van der Waals surface area (Å²) in [5.74, 6) is 1.24. The Hall–Kier alpha value is -3.77. The van der Waals surface area contributed by atoms with Gasteiger partial charge in [0.2, 0.25) is 0 Å². The number of alkyl halides is 3. The average molecular weight is 604 g/mol. The molecule has 7 nitrogen and oxygen atoms in total. The Morgan fingerprint density at radius 3 is 1.88 bits per heavy atom. The Balaban J connectivity index is 1.76. The molecular formula is C29H28F3N3O4S2. The second-order valence-electron chi connectivity index (χ2n) is 8.54. The first kappa shape index (κ1) is 30.2. The smallest absolute Gasteiger partial charge is 0.406 e. The number of hydrogen-bond acceptors (Lipinski definition) is 9. The van der Waals surface area contributed by atoms with E-state index in [4.69, 9.17) is 14.2 Å². The normalized spacial score (nSPS) is 11.3. The molecule has 0 fully saturated rings. The van der Waals surface area contributed by atoms with Crippen LogP contribution in [0.1, 0.15) is 6.92 Å². The second kappa shape index (κ2) is 13.7. The quantitative estimate of drug-likeness (QED) is 0.122. The Morgan fingerprint density at radius 2 is 1.37 bits per heavy atom. The monoisotopic (exact) mass is 603 g/mol. The van der Waals surface area contributed by atoms with E-state index in [9.17, 15) is 18.0 Å². The third-order valence-corrected chi connectivity index (χ3v) is 7.74. The summed E-state index contributed by atoms with van der Waals surface area (Å²) in [6.07, 6.45) is -3.06. The molecule has 0 aliphatic carbocycles. The maximum Gasteiger partial charge on any atom is 0.406 e. The van der Waals surface area contributed by atoms with Crippen LogP contribution in [0.4, 0.5) is 24.7 Å². The highest BCUT2D eigenvalue weighted by atomic mass is 32.2. The minimum Gasteiger partial charge on any atom is -0.497 e. The molecule has 0 aliphatic rings. The van der Waals surface area contributed by atoms with Gasteiger partial charge in [-0.15, -0.1) is 0 Å². The number of carbonyl (C=O) groups is 1. The van der Waals surface area contributed by atoms with Crippen molar-refractivity contribution in [2.24, 2.45) is 0 Å². The molecule has 216 valence electrons. The van der Waals surface area contributed by atoms with Crippen LogP contribution < -0.4 is 18.1 Å². The second-order valence-corrected chi connectivity index (χ2v) is 10.7. The zero-order chi connectivity index (χ0) is 29.4. The van der Waals surface area contributed by atoms with Gasteiger partial charge in [0, 0.05) is 20.6 Å². The van der Waals surface area contributed by atoms with Crippen LogP contribution in [0.15, 0.2) is 88.8 Å². The van der Waals surface area contributed by atoms with E-state index in [0.29, 0.717) is 33.0 Å². The van der Waals surface area contributed by atoms with Crippen LogP contribution in [0.5, 0.6) is 11.5 Å². The molecule has 41 heavy (non-hydrogen) atoms. The number of carbonyl (C=O) groups excluding carboxylic acids is 1. The number of aromatic nitrogens is 1. The van der Waals surface area contributed by atoms with Gasteiger partial charge < -0.3 is 18.5 Å². The van der Waals surface area contributed by atoms with Gasteiger partial charge in [0.25, 0.3) is 0 Å². The number of pyridine rings is 1. The van der Waals surface area contributed by atoms with E-state index in [1.807, 2.05) is 12.1 Å². The van der Waals surface area contributed by atoms with Crippen molar-refractivity contribution in [2.45, 2.75) is 22.9 Å². The van der Waals surface area contributed by atoms with Crippen LogP contribution >= 0.6 is 23.9 Å². The average Bonchev–Trinajstić information content (AvgIpc) is 2.96. The molecule has 4 rings (SSSR count). The highest BCUT2D eigenvalue weighted by molar-refractivity contribution is 8.01. The number of halogens is 3. The number of methoxy groups -OCH3 is 2. The van der Waals surface area contributed by atoms with Gasteiger partial charge in [0.05, 0.1) is 32.7 Å². The van der Waals surface area contributed by atoms with Crippen molar-refractivity contribution in [2.75, 3.05) is 42.5 Å². The molecule has 1 aromatic heterocycles. The number of hydrogen-bond donors (Lipinski definition) is 0. The van der Waals surface area contributed by atoms with Gasteiger partial charge in [-0.25, -0.2) is 4.98 Å². The number of benzene rings is 3. The lowest BCUT2D eigenvalue weighted by molar-refractivity contribution is -0.141. The standard InChI is InChI=1S/C29H28F3N3O4S2/c1-4-39-27(36)18-34(40-22-13-9-20(37-2)10-14-22)28-25-8-6-5-7-24(25)26(17-33-28)35(19-29(30,31)32)41-23-15-11-21(38-3)12-16-23/h5-17H,4,18-19H2,1-3H3. The summed E-state index contributed by atoms with van der Waals surface area (Å²) in [5.41, 5.74) is 0.285. The first-order valence-corrected chi connectivity index (χ1v) is 14.0. The molecule has 0 radical (unpaired) electrons. The van der Waals surface area contributed by atoms with E-state index in [1.165, 1.54) is 29.6 Å². The van der Waals surface area contributed by atoms with Crippen molar-refractivity contribution >= 4 is 52.1 Å². The Labute approximate surface area is 244 Å². The van der Waals surface area contributed by atoms with E-state index >= 15 is 0 Å². The summed E-state index contributed by atoms with van der Waals surface area (Å²) >= 11 is 2.22. The predicted molar refractivity (Wildman–Crippen MR) is 157 cm³/mol. The number of esters is 1. The van der Waals surface area contributed by atoms with Crippen LogP contribution in [0, 0.1) is 0 Å². The molecule has 0 saturated carbocycles. The van der Waals surface area contributed by atoms with E-state index in [1.54, 1.807) is 79.0 Å². The highest BCUT2D eigenvalue weighted by Gasteiger charge is 2.33. The number of rotatable bonds is 12. The zero-order valence-electron chi connectivity index (χ0n) is 22.6. The number of fused-ring (bicyclic) bond motifs is 1. The molecule has 0 atom stereocenters. The lowest BCUT2D eigenvalue weighted by atomic mass is 10.1. The minimum absolute atomic E-state index is 0.131. The van der Waals surface area contributed by atoms with Crippen LogP contribution in [-0.4, -0.2) is 51.0 Å². The van der Waals surface area contributed by atoms with Gasteiger partial charge in [-0.05, 0) is 79.4 Å². The first-order valence-electron chi connectivity index (χ1n) is 12.5. The van der Waals surface area contributed by atoms with Gasteiger partial charge in [0.15, 0.2) is 0 Å². The molecule has 0 spiro atoms. The third-order valence-electron chi connectivity index (χ3n) is 5.71. The van der Waals surface area contributed by atoms with Crippen molar-refractivity contribution in [3.8, 4) is 11.5 Å². The summed E-state index contributed by atoms with van der Waals surface area (Å²) in [6.45, 7) is 0.592. The SMILES string of the molecule is CCOC(=O)CN(Sc1ccc(OC)cc1)c1ncc(N(CC(F)(F)F)Sc2ccc(OC)cc2)c2ccccc12. The first-order chi connectivity index (χ1) is 19.7. The van der Waals surface area contributed by atoms with Crippen LogP contribution in [-0.2, 0) is 9.53 Å². The summed E-state index contributed by atoms with van der Waals surface area (Å²) in [7, 11) is 3.09. The Morgan fingerprint density at radius 1 is 0.829 bits per heavy atom. The summed E-state index contributed by atoms with van der Waals surface area (Å²) in [6, 6.07) is 21.1. The fraction of sp³-hybridized carbons (Fsp3) is 0.241. The number of ether oxygens (including phenoxy) is 3.